The van der Waals surface area contributed by atoms with E-state index in [-0.39, 0.29) is 35.9 Å². The molecular formula is C20H22ClFN2O7S. The van der Waals surface area contributed by atoms with Gasteiger partial charge < -0.3 is 14.9 Å². The molecule has 2 atom stereocenters. The van der Waals surface area contributed by atoms with Crippen LogP contribution in [0.15, 0.2) is 47.4 Å². The van der Waals surface area contributed by atoms with E-state index in [0.29, 0.717) is 15.6 Å². The Kier molecular flexibility index (Phi) is 6.80. The van der Waals surface area contributed by atoms with Crippen molar-refractivity contribution in [1.29, 1.82) is 0 Å². The lowest BCUT2D eigenvalue weighted by Gasteiger charge is -2.48. The summed E-state index contributed by atoms with van der Waals surface area (Å²) in [7, 11) is -4.46. The van der Waals surface area contributed by atoms with Gasteiger partial charge in [-0.3, -0.25) is 10.0 Å². The van der Waals surface area contributed by atoms with Gasteiger partial charge in [0.2, 0.25) is 15.7 Å². The van der Waals surface area contributed by atoms with E-state index >= 15 is 0 Å². The second-order valence-electron chi connectivity index (χ2n) is 7.56. The normalized spacial score (nSPS) is 24.2. The molecule has 0 bridgehead atoms. The van der Waals surface area contributed by atoms with Gasteiger partial charge in [0.1, 0.15) is 23.8 Å². The molecule has 3 rings (SSSR count). The predicted octanol–water partition coefficient (Wildman–Crippen LogP) is 1.79. The van der Waals surface area contributed by atoms with Gasteiger partial charge in [0.05, 0.1) is 9.92 Å². The number of sulfonamides is 1. The summed E-state index contributed by atoms with van der Waals surface area (Å²) < 4.78 is 45.5. The third kappa shape index (κ3) is 4.32. The van der Waals surface area contributed by atoms with Gasteiger partial charge in [0, 0.05) is 12.1 Å². The molecule has 0 unspecified atom stereocenters. The van der Waals surface area contributed by atoms with E-state index in [1.807, 2.05) is 0 Å². The molecule has 32 heavy (non-hydrogen) atoms. The number of benzene rings is 2. The van der Waals surface area contributed by atoms with E-state index < -0.39 is 33.1 Å². The molecule has 1 heterocycles. The van der Waals surface area contributed by atoms with Crippen LogP contribution in [0.2, 0.25) is 5.02 Å². The highest BCUT2D eigenvalue weighted by molar-refractivity contribution is 7.89. The van der Waals surface area contributed by atoms with Crippen molar-refractivity contribution in [2.45, 2.75) is 42.6 Å². The number of piperidine rings is 1. The monoisotopic (exact) mass is 488 g/mol. The van der Waals surface area contributed by atoms with Crippen LogP contribution in [0.25, 0.3) is 0 Å². The van der Waals surface area contributed by atoms with Crippen molar-refractivity contribution in [1.82, 2.24) is 9.79 Å². The Labute approximate surface area is 189 Å². The third-order valence-corrected chi connectivity index (χ3v) is 7.62. The number of aliphatic hydroxyl groups is 2. The minimum atomic E-state index is -4.46. The van der Waals surface area contributed by atoms with Crippen molar-refractivity contribution in [2.24, 2.45) is 0 Å². The number of amides is 1. The Bertz CT molecular complexity index is 1110. The predicted molar refractivity (Wildman–Crippen MR) is 111 cm³/mol. The number of halogens is 2. The molecular weight excluding hydrogens is 467 g/mol. The smallest absolute Gasteiger partial charge is 0.294 e. The molecule has 1 amide bonds. The van der Waals surface area contributed by atoms with Gasteiger partial charge in [0.15, 0.2) is 0 Å². The van der Waals surface area contributed by atoms with Crippen LogP contribution in [0.1, 0.15) is 25.3 Å². The molecule has 1 aliphatic rings. The van der Waals surface area contributed by atoms with Crippen LogP contribution in [0.4, 0.5) is 4.39 Å². The lowest BCUT2D eigenvalue weighted by atomic mass is 9.83. The summed E-state index contributed by atoms with van der Waals surface area (Å²) in [5.41, 5.74) is -3.32. The summed E-state index contributed by atoms with van der Waals surface area (Å²) >= 11 is 5.95. The van der Waals surface area contributed by atoms with Crippen molar-refractivity contribution in [3.05, 3.63) is 58.9 Å². The van der Waals surface area contributed by atoms with Gasteiger partial charge in [-0.25, -0.2) is 18.3 Å². The molecule has 0 spiro atoms. The molecule has 1 fully saturated rings. The van der Waals surface area contributed by atoms with Crippen LogP contribution in [0, 0.1) is 5.82 Å². The van der Waals surface area contributed by atoms with Crippen molar-refractivity contribution in [3.63, 3.8) is 0 Å². The average molecular weight is 489 g/mol. The first kappa shape index (κ1) is 24.4. The van der Waals surface area contributed by atoms with Gasteiger partial charge in [-0.2, -0.15) is 4.31 Å². The summed E-state index contributed by atoms with van der Waals surface area (Å²) in [6.45, 7) is 0.863. The number of ether oxygens (including phenoxy) is 1. The Balaban J connectivity index is 1.84. The summed E-state index contributed by atoms with van der Waals surface area (Å²) in [5.74, 6) is -1.67. The number of nitrogens with one attached hydrogen (secondary N) is 1. The maximum atomic E-state index is 13.2. The van der Waals surface area contributed by atoms with Gasteiger partial charge in [-0.1, -0.05) is 17.7 Å². The van der Waals surface area contributed by atoms with Crippen LogP contribution in [-0.4, -0.2) is 51.9 Å². The van der Waals surface area contributed by atoms with E-state index in [1.165, 1.54) is 41.9 Å². The van der Waals surface area contributed by atoms with Crippen LogP contribution in [0.5, 0.6) is 5.75 Å². The highest BCUT2D eigenvalue weighted by Crippen LogP contribution is 2.39. The first-order valence-electron chi connectivity index (χ1n) is 9.52. The molecule has 0 radical (unpaired) electrons. The fraction of sp³-hybridized carbons (Fsp3) is 0.350. The quantitative estimate of drug-likeness (QED) is 0.359. The third-order valence-electron chi connectivity index (χ3n) is 5.38. The highest BCUT2D eigenvalue weighted by atomic mass is 35.5. The van der Waals surface area contributed by atoms with E-state index in [0.717, 1.165) is 13.0 Å². The summed E-state index contributed by atoms with van der Waals surface area (Å²) in [6, 6.07) is 8.97. The molecule has 0 saturated carbocycles. The van der Waals surface area contributed by atoms with Gasteiger partial charge in [-0.05, 0) is 56.2 Å². The summed E-state index contributed by atoms with van der Waals surface area (Å²) in [5, 5.41) is 30.7. The number of rotatable bonds is 6. The average Bonchev–Trinajstić information content (AvgIpc) is 2.74. The zero-order valence-electron chi connectivity index (χ0n) is 17.0. The summed E-state index contributed by atoms with van der Waals surface area (Å²) in [4.78, 5) is 11.9. The van der Waals surface area contributed by atoms with Crippen molar-refractivity contribution < 1.29 is 37.8 Å². The van der Waals surface area contributed by atoms with Gasteiger partial charge in [0.25, 0.3) is 5.91 Å². The van der Waals surface area contributed by atoms with Crippen LogP contribution >= 0.6 is 11.6 Å². The first-order valence-corrected chi connectivity index (χ1v) is 11.3. The molecule has 174 valence electrons. The van der Waals surface area contributed by atoms with Crippen molar-refractivity contribution in [2.75, 3.05) is 6.54 Å². The highest BCUT2D eigenvalue weighted by Gasteiger charge is 2.62. The van der Waals surface area contributed by atoms with E-state index in [1.54, 1.807) is 0 Å². The Morgan fingerprint density at radius 2 is 1.91 bits per heavy atom. The van der Waals surface area contributed by atoms with Crippen molar-refractivity contribution >= 4 is 27.5 Å². The molecule has 2 aromatic rings. The number of carbonyl (C=O) groups excluding carboxylic acids is 1. The van der Waals surface area contributed by atoms with E-state index in [2.05, 4.69) is 0 Å². The number of hydrogen-bond donors (Lipinski definition) is 4. The van der Waals surface area contributed by atoms with Crippen LogP contribution in [0.3, 0.4) is 0 Å². The second-order valence-corrected chi connectivity index (χ2v) is 9.83. The fourth-order valence-electron chi connectivity index (χ4n) is 3.54. The SMILES string of the molecule is C[C@@]1(O)CCCN(S(=O)(=O)c2ccc(OCc3ccc(F)cc3Cl)cc2)[C@]1(O)C(=O)NO. The molecule has 2 aromatic carbocycles. The lowest BCUT2D eigenvalue weighted by Crippen LogP contribution is -2.73. The Morgan fingerprint density at radius 1 is 1.25 bits per heavy atom. The minimum absolute atomic E-state index is 0.0105. The molecule has 12 heteroatoms. The molecule has 4 N–H and O–H groups in total. The Hall–Kier alpha value is -2.28. The fourth-order valence-corrected chi connectivity index (χ4v) is 5.49. The molecule has 9 nitrogen and oxygen atoms in total. The zero-order valence-corrected chi connectivity index (χ0v) is 18.5. The second kappa shape index (κ2) is 8.93. The standard InChI is InChI=1S/C20H22ClFN2O7S/c1-19(26)9-2-10-24(20(19,27)18(25)23-28)32(29,30)16-7-5-15(6-8-16)31-12-13-3-4-14(22)11-17(13)21/h3-8,11,26-28H,2,9-10,12H2,1H3,(H,23,25)/t19-,20+/m1/s1. The van der Waals surface area contributed by atoms with Crippen LogP contribution < -0.4 is 10.2 Å². The first-order chi connectivity index (χ1) is 14.9. The summed E-state index contributed by atoms with van der Waals surface area (Å²) in [6.07, 6.45) is 0.106. The topological polar surface area (TPSA) is 136 Å². The molecule has 1 saturated heterocycles. The maximum Gasteiger partial charge on any atom is 0.294 e. The zero-order chi connectivity index (χ0) is 23.7. The molecule has 1 aliphatic heterocycles. The van der Waals surface area contributed by atoms with E-state index in [4.69, 9.17) is 21.5 Å². The maximum absolute atomic E-state index is 13.2. The number of nitrogens with zero attached hydrogens (tertiary/aromatic N) is 1. The molecule has 0 aliphatic carbocycles. The number of carbonyl (C=O) groups is 1. The Morgan fingerprint density at radius 3 is 2.50 bits per heavy atom. The van der Waals surface area contributed by atoms with Crippen LogP contribution in [-0.2, 0) is 21.4 Å². The van der Waals surface area contributed by atoms with Gasteiger partial charge >= 0.3 is 0 Å². The largest absolute Gasteiger partial charge is 0.489 e. The lowest BCUT2D eigenvalue weighted by molar-refractivity contribution is -0.223. The molecule has 0 aromatic heterocycles. The number of hydrogen-bond acceptors (Lipinski definition) is 7. The van der Waals surface area contributed by atoms with Crippen molar-refractivity contribution in [3.8, 4) is 5.75 Å². The minimum Gasteiger partial charge on any atom is -0.489 e. The van der Waals surface area contributed by atoms with Gasteiger partial charge in [-0.15, -0.1) is 0 Å². The number of hydroxylamine groups is 1. The van der Waals surface area contributed by atoms with E-state index in [9.17, 15) is 27.8 Å².